The van der Waals surface area contributed by atoms with Gasteiger partial charge in [-0.25, -0.2) is 4.98 Å². The van der Waals surface area contributed by atoms with Crippen LogP contribution in [0.15, 0.2) is 40.3 Å². The van der Waals surface area contributed by atoms with Gasteiger partial charge in [0.05, 0.1) is 10.7 Å². The number of hydrogen-bond acceptors (Lipinski definition) is 6. The monoisotopic (exact) mass is 305 g/mol. The summed E-state index contributed by atoms with van der Waals surface area (Å²) in [6.45, 7) is 1.68. The van der Waals surface area contributed by atoms with Crippen molar-refractivity contribution in [1.82, 2.24) is 9.97 Å². The number of Topliss-reactive ketones (excluding diaryl/α,β-unsaturated/α-hetero) is 1. The number of carbonyl (C=O) groups is 1. The van der Waals surface area contributed by atoms with Crippen molar-refractivity contribution in [2.75, 3.05) is 5.75 Å². The number of benzene rings is 1. The molecule has 0 saturated heterocycles. The lowest BCUT2D eigenvalue weighted by Gasteiger charge is -2.02. The number of aromatic amines is 1. The van der Waals surface area contributed by atoms with Gasteiger partial charge in [-0.05, 0) is 6.92 Å². The molecule has 0 aliphatic rings. The van der Waals surface area contributed by atoms with E-state index in [-0.39, 0.29) is 28.3 Å². The summed E-state index contributed by atoms with van der Waals surface area (Å²) in [5.74, 6) is -0.235. The minimum absolute atomic E-state index is 0.0353. The van der Waals surface area contributed by atoms with Crippen LogP contribution in [0.1, 0.15) is 16.1 Å². The second-order valence-corrected chi connectivity index (χ2v) is 5.18. The Morgan fingerprint density at radius 2 is 2.19 bits per heavy atom. The van der Waals surface area contributed by atoms with E-state index in [0.29, 0.717) is 10.9 Å². The van der Waals surface area contributed by atoms with Gasteiger partial charge < -0.3 is 4.98 Å². The SMILES string of the molecule is Cc1cc(=O)[nH]c(SCC(=O)c2cccc([N+](=O)[O-])c2)n1. The van der Waals surface area contributed by atoms with E-state index >= 15 is 0 Å². The lowest BCUT2D eigenvalue weighted by atomic mass is 10.1. The molecule has 8 heteroatoms. The number of nitro benzene ring substituents is 1. The Morgan fingerprint density at radius 1 is 1.43 bits per heavy atom. The Kier molecular flexibility index (Phi) is 4.49. The molecular formula is C13H11N3O4S. The molecule has 0 unspecified atom stereocenters. The molecular weight excluding hydrogens is 294 g/mol. The first-order valence-electron chi connectivity index (χ1n) is 5.94. The summed E-state index contributed by atoms with van der Waals surface area (Å²) in [6.07, 6.45) is 0. The van der Waals surface area contributed by atoms with Crippen molar-refractivity contribution < 1.29 is 9.72 Å². The summed E-state index contributed by atoms with van der Waals surface area (Å²) in [6, 6.07) is 6.89. The number of nitro groups is 1. The first kappa shape index (κ1) is 14.9. The number of ketones is 1. The first-order valence-corrected chi connectivity index (χ1v) is 6.92. The van der Waals surface area contributed by atoms with Crippen LogP contribution in [0.5, 0.6) is 0 Å². The quantitative estimate of drug-likeness (QED) is 0.297. The predicted molar refractivity (Wildman–Crippen MR) is 77.7 cm³/mol. The molecule has 108 valence electrons. The molecule has 0 spiro atoms. The van der Waals surface area contributed by atoms with Crippen LogP contribution in [0.25, 0.3) is 0 Å². The molecule has 1 aromatic heterocycles. The third-order valence-electron chi connectivity index (χ3n) is 2.57. The van der Waals surface area contributed by atoms with Crippen molar-refractivity contribution in [2.45, 2.75) is 12.1 Å². The Labute approximate surface area is 123 Å². The third-order valence-corrected chi connectivity index (χ3v) is 3.44. The van der Waals surface area contributed by atoms with Crippen LogP contribution in [-0.4, -0.2) is 26.4 Å². The molecule has 0 saturated carbocycles. The van der Waals surface area contributed by atoms with E-state index in [1.54, 1.807) is 6.92 Å². The van der Waals surface area contributed by atoms with E-state index in [1.807, 2.05) is 0 Å². The lowest BCUT2D eigenvalue weighted by Crippen LogP contribution is -2.10. The fraction of sp³-hybridized carbons (Fsp3) is 0.154. The molecule has 0 aliphatic carbocycles. The summed E-state index contributed by atoms with van der Waals surface area (Å²) < 4.78 is 0. The van der Waals surface area contributed by atoms with Crippen LogP contribution in [0.4, 0.5) is 5.69 Å². The third kappa shape index (κ3) is 3.99. The maximum atomic E-state index is 12.0. The highest BCUT2D eigenvalue weighted by Crippen LogP contribution is 2.17. The van der Waals surface area contributed by atoms with Gasteiger partial charge in [-0.2, -0.15) is 0 Å². The van der Waals surface area contributed by atoms with Crippen LogP contribution < -0.4 is 5.56 Å². The zero-order valence-electron chi connectivity index (χ0n) is 11.0. The highest BCUT2D eigenvalue weighted by molar-refractivity contribution is 7.99. The molecule has 2 aromatic rings. The molecule has 21 heavy (non-hydrogen) atoms. The molecule has 0 fully saturated rings. The van der Waals surface area contributed by atoms with E-state index < -0.39 is 4.92 Å². The van der Waals surface area contributed by atoms with Gasteiger partial charge in [-0.15, -0.1) is 0 Å². The van der Waals surface area contributed by atoms with Gasteiger partial charge in [0.1, 0.15) is 0 Å². The number of hydrogen-bond donors (Lipinski definition) is 1. The van der Waals surface area contributed by atoms with E-state index in [4.69, 9.17) is 0 Å². The molecule has 0 aliphatic heterocycles. The fourth-order valence-electron chi connectivity index (χ4n) is 1.63. The standard InChI is InChI=1S/C13H11N3O4S/c1-8-5-12(18)15-13(14-8)21-7-11(17)9-3-2-4-10(6-9)16(19)20/h2-6H,7H2,1H3,(H,14,15,18). The zero-order chi connectivity index (χ0) is 15.4. The van der Waals surface area contributed by atoms with Crippen LogP contribution in [-0.2, 0) is 0 Å². The second-order valence-electron chi connectivity index (χ2n) is 4.21. The van der Waals surface area contributed by atoms with Crippen LogP contribution in [0.3, 0.4) is 0 Å². The van der Waals surface area contributed by atoms with Crippen LogP contribution in [0, 0.1) is 17.0 Å². The lowest BCUT2D eigenvalue weighted by molar-refractivity contribution is -0.384. The molecule has 0 radical (unpaired) electrons. The largest absolute Gasteiger partial charge is 0.301 e. The molecule has 2 rings (SSSR count). The molecule has 0 amide bonds. The number of thioether (sulfide) groups is 1. The fourth-order valence-corrected chi connectivity index (χ4v) is 2.45. The van der Waals surface area contributed by atoms with Crippen molar-refractivity contribution in [3.63, 3.8) is 0 Å². The Balaban J connectivity index is 2.09. The van der Waals surface area contributed by atoms with E-state index in [1.165, 1.54) is 30.3 Å². The minimum atomic E-state index is -0.552. The number of aryl methyl sites for hydroxylation is 1. The Morgan fingerprint density at radius 3 is 2.86 bits per heavy atom. The van der Waals surface area contributed by atoms with Crippen LogP contribution >= 0.6 is 11.8 Å². The van der Waals surface area contributed by atoms with Crippen molar-refractivity contribution in [2.24, 2.45) is 0 Å². The second kappa shape index (κ2) is 6.31. The van der Waals surface area contributed by atoms with Crippen molar-refractivity contribution in [3.05, 3.63) is 62.1 Å². The van der Waals surface area contributed by atoms with E-state index in [0.717, 1.165) is 11.8 Å². The maximum Gasteiger partial charge on any atom is 0.270 e. The Bertz CT molecular complexity index is 757. The number of nitrogens with zero attached hydrogens (tertiary/aromatic N) is 2. The van der Waals surface area contributed by atoms with Gasteiger partial charge in [0.25, 0.3) is 11.2 Å². The number of aromatic nitrogens is 2. The summed E-state index contributed by atoms with van der Waals surface area (Å²) >= 11 is 1.08. The molecule has 1 aromatic carbocycles. The van der Waals surface area contributed by atoms with Gasteiger partial charge in [0, 0.05) is 29.5 Å². The van der Waals surface area contributed by atoms with Crippen LogP contribution in [0.2, 0.25) is 0 Å². The van der Waals surface area contributed by atoms with Crippen molar-refractivity contribution in [3.8, 4) is 0 Å². The normalized spacial score (nSPS) is 10.3. The smallest absolute Gasteiger partial charge is 0.270 e. The molecule has 1 N–H and O–H groups in total. The number of nitrogens with one attached hydrogen (secondary N) is 1. The predicted octanol–water partition coefficient (Wildman–Crippen LogP) is 1.96. The molecule has 1 heterocycles. The molecule has 0 atom stereocenters. The Hall–Kier alpha value is -2.48. The molecule has 0 bridgehead atoms. The maximum absolute atomic E-state index is 12.0. The first-order chi connectivity index (χ1) is 9.95. The van der Waals surface area contributed by atoms with Crippen molar-refractivity contribution >= 4 is 23.2 Å². The topological polar surface area (TPSA) is 106 Å². The van der Waals surface area contributed by atoms with Gasteiger partial charge in [0.15, 0.2) is 10.9 Å². The summed E-state index contributed by atoms with van der Waals surface area (Å²) in [5.41, 5.74) is 0.400. The van der Waals surface area contributed by atoms with Gasteiger partial charge in [0.2, 0.25) is 0 Å². The zero-order valence-corrected chi connectivity index (χ0v) is 11.8. The van der Waals surface area contributed by atoms with E-state index in [2.05, 4.69) is 9.97 Å². The number of non-ortho nitro benzene ring substituents is 1. The minimum Gasteiger partial charge on any atom is -0.301 e. The average Bonchev–Trinajstić information content (AvgIpc) is 2.44. The highest BCUT2D eigenvalue weighted by Gasteiger charge is 2.12. The van der Waals surface area contributed by atoms with Crippen molar-refractivity contribution in [1.29, 1.82) is 0 Å². The highest BCUT2D eigenvalue weighted by atomic mass is 32.2. The van der Waals surface area contributed by atoms with Gasteiger partial charge >= 0.3 is 0 Å². The molecule has 7 nitrogen and oxygen atoms in total. The number of rotatable bonds is 5. The summed E-state index contributed by atoms with van der Waals surface area (Å²) in [7, 11) is 0. The number of H-pyrrole nitrogens is 1. The van der Waals surface area contributed by atoms with Gasteiger partial charge in [-0.1, -0.05) is 23.9 Å². The average molecular weight is 305 g/mol. The van der Waals surface area contributed by atoms with E-state index in [9.17, 15) is 19.7 Å². The summed E-state index contributed by atoms with van der Waals surface area (Å²) in [4.78, 5) is 40.0. The summed E-state index contributed by atoms with van der Waals surface area (Å²) in [5, 5.41) is 11.0. The number of carbonyl (C=O) groups excluding carboxylic acids is 1. The van der Waals surface area contributed by atoms with Gasteiger partial charge in [-0.3, -0.25) is 19.7 Å².